The number of hydrogen-bond donors (Lipinski definition) is 0. The molecule has 2 aromatic carbocycles. The predicted octanol–water partition coefficient (Wildman–Crippen LogP) is 3.27. The van der Waals surface area contributed by atoms with Crippen LogP contribution in [0.5, 0.6) is 11.5 Å². The molecule has 0 radical (unpaired) electrons. The van der Waals surface area contributed by atoms with E-state index in [9.17, 15) is 4.79 Å². The van der Waals surface area contributed by atoms with Crippen molar-refractivity contribution in [2.45, 2.75) is 12.3 Å². The van der Waals surface area contributed by atoms with Crippen molar-refractivity contribution in [2.75, 3.05) is 25.7 Å². The van der Waals surface area contributed by atoms with E-state index in [1.54, 1.807) is 25.2 Å². The number of ether oxygens (including phenoxy) is 2. The summed E-state index contributed by atoms with van der Waals surface area (Å²) in [6, 6.07) is 15.0. The molecule has 138 valence electrons. The Kier molecular flexibility index (Phi) is 4.50. The highest BCUT2D eigenvalue weighted by Gasteiger charge is 2.35. The number of amides is 1. The summed E-state index contributed by atoms with van der Waals surface area (Å²) in [6.45, 7) is 0.464. The van der Waals surface area contributed by atoms with Gasteiger partial charge in [-0.1, -0.05) is 35.5 Å². The number of nitrogens with zero attached hydrogens (tertiary/aromatic N) is 3. The van der Waals surface area contributed by atoms with Gasteiger partial charge in [0.15, 0.2) is 0 Å². The Balaban J connectivity index is 1.57. The summed E-state index contributed by atoms with van der Waals surface area (Å²) in [6.07, 6.45) is 0.315. The zero-order chi connectivity index (χ0) is 18.8. The SMILES string of the molecule is COc1cc(OC)cc(N2CC(c3nc(-c4ccccc4)no3)CC2=O)c1. The molecule has 0 spiro atoms. The minimum absolute atomic E-state index is 0.00485. The van der Waals surface area contributed by atoms with Crippen molar-refractivity contribution >= 4 is 11.6 Å². The molecule has 1 amide bonds. The zero-order valence-corrected chi connectivity index (χ0v) is 15.1. The van der Waals surface area contributed by atoms with Gasteiger partial charge in [0.2, 0.25) is 17.6 Å². The van der Waals surface area contributed by atoms with E-state index >= 15 is 0 Å². The molecule has 2 heterocycles. The molecular weight excluding hydrogens is 346 g/mol. The minimum atomic E-state index is -0.153. The van der Waals surface area contributed by atoms with Crippen LogP contribution in [-0.2, 0) is 4.79 Å². The maximum atomic E-state index is 12.6. The second-order valence-corrected chi connectivity index (χ2v) is 6.30. The number of carbonyl (C=O) groups excluding carboxylic acids is 1. The highest BCUT2D eigenvalue weighted by Crippen LogP contribution is 2.35. The van der Waals surface area contributed by atoms with Gasteiger partial charge in [0.05, 0.1) is 25.8 Å². The lowest BCUT2D eigenvalue weighted by molar-refractivity contribution is -0.117. The molecule has 0 saturated carbocycles. The van der Waals surface area contributed by atoms with E-state index < -0.39 is 0 Å². The molecule has 0 aliphatic carbocycles. The molecule has 0 N–H and O–H groups in total. The van der Waals surface area contributed by atoms with Crippen LogP contribution in [0.4, 0.5) is 5.69 Å². The molecule has 1 atom stereocenters. The van der Waals surface area contributed by atoms with E-state index in [0.717, 1.165) is 11.3 Å². The lowest BCUT2D eigenvalue weighted by Crippen LogP contribution is -2.24. The van der Waals surface area contributed by atoms with Gasteiger partial charge < -0.3 is 18.9 Å². The van der Waals surface area contributed by atoms with Gasteiger partial charge in [0.1, 0.15) is 11.5 Å². The molecule has 7 heteroatoms. The van der Waals surface area contributed by atoms with E-state index in [1.165, 1.54) is 0 Å². The third-order valence-corrected chi connectivity index (χ3v) is 4.60. The van der Waals surface area contributed by atoms with Crippen LogP contribution in [0.2, 0.25) is 0 Å². The molecule has 1 fully saturated rings. The van der Waals surface area contributed by atoms with Crippen molar-refractivity contribution in [3.63, 3.8) is 0 Å². The fourth-order valence-corrected chi connectivity index (χ4v) is 3.18. The van der Waals surface area contributed by atoms with Gasteiger partial charge in [-0.3, -0.25) is 4.79 Å². The normalized spacial score (nSPS) is 16.6. The molecule has 27 heavy (non-hydrogen) atoms. The lowest BCUT2D eigenvalue weighted by atomic mass is 10.1. The predicted molar refractivity (Wildman–Crippen MR) is 99.0 cm³/mol. The average molecular weight is 365 g/mol. The minimum Gasteiger partial charge on any atom is -0.497 e. The molecule has 7 nitrogen and oxygen atoms in total. The monoisotopic (exact) mass is 365 g/mol. The zero-order valence-electron chi connectivity index (χ0n) is 15.1. The Hall–Kier alpha value is -3.35. The Morgan fingerprint density at radius 3 is 2.44 bits per heavy atom. The molecule has 1 unspecified atom stereocenters. The smallest absolute Gasteiger partial charge is 0.232 e. The summed E-state index contributed by atoms with van der Waals surface area (Å²) in [7, 11) is 3.16. The molecule has 1 aromatic heterocycles. The number of methoxy groups -OCH3 is 2. The molecule has 3 aromatic rings. The van der Waals surface area contributed by atoms with Crippen molar-refractivity contribution in [3.05, 3.63) is 54.4 Å². The van der Waals surface area contributed by atoms with Crippen molar-refractivity contribution in [2.24, 2.45) is 0 Å². The molecule has 0 bridgehead atoms. The molecular formula is C20H19N3O4. The van der Waals surface area contributed by atoms with Crippen molar-refractivity contribution in [1.82, 2.24) is 10.1 Å². The van der Waals surface area contributed by atoms with E-state index in [2.05, 4.69) is 10.1 Å². The first kappa shape index (κ1) is 17.1. The van der Waals surface area contributed by atoms with Gasteiger partial charge in [-0.2, -0.15) is 4.98 Å². The average Bonchev–Trinajstić information content (AvgIpc) is 3.35. The van der Waals surface area contributed by atoms with Gasteiger partial charge in [0, 0.05) is 36.7 Å². The van der Waals surface area contributed by atoms with E-state index in [0.29, 0.717) is 36.2 Å². The van der Waals surface area contributed by atoms with Crippen molar-refractivity contribution in [1.29, 1.82) is 0 Å². The summed E-state index contributed by atoms with van der Waals surface area (Å²) < 4.78 is 16.0. The number of rotatable bonds is 5. The van der Waals surface area contributed by atoms with Crippen LogP contribution < -0.4 is 14.4 Å². The second kappa shape index (κ2) is 7.11. The first-order valence-electron chi connectivity index (χ1n) is 8.60. The van der Waals surface area contributed by atoms with Gasteiger partial charge in [-0.05, 0) is 0 Å². The standard InChI is InChI=1S/C20H19N3O4/c1-25-16-9-15(10-17(11-16)26-2)23-12-14(8-18(23)24)20-21-19(22-27-20)13-6-4-3-5-7-13/h3-7,9-11,14H,8,12H2,1-2H3. The summed E-state index contributed by atoms with van der Waals surface area (Å²) in [5.41, 5.74) is 1.60. The number of aromatic nitrogens is 2. The van der Waals surface area contributed by atoms with Crippen LogP contribution in [0.15, 0.2) is 53.1 Å². The highest BCUT2D eigenvalue weighted by molar-refractivity contribution is 5.96. The summed E-state index contributed by atoms with van der Waals surface area (Å²) in [5.74, 6) is 2.10. The van der Waals surface area contributed by atoms with Gasteiger partial charge in [-0.25, -0.2) is 0 Å². The first-order chi connectivity index (χ1) is 13.2. The molecule has 4 rings (SSSR count). The summed E-state index contributed by atoms with van der Waals surface area (Å²) >= 11 is 0. The maximum absolute atomic E-state index is 12.6. The van der Waals surface area contributed by atoms with Crippen LogP contribution in [0.25, 0.3) is 11.4 Å². The van der Waals surface area contributed by atoms with Crippen LogP contribution >= 0.6 is 0 Å². The van der Waals surface area contributed by atoms with Crippen LogP contribution in [0.1, 0.15) is 18.2 Å². The van der Waals surface area contributed by atoms with E-state index in [4.69, 9.17) is 14.0 Å². The highest BCUT2D eigenvalue weighted by atomic mass is 16.5. The van der Waals surface area contributed by atoms with Gasteiger partial charge >= 0.3 is 0 Å². The van der Waals surface area contributed by atoms with E-state index in [-0.39, 0.29) is 11.8 Å². The second-order valence-electron chi connectivity index (χ2n) is 6.30. The number of carbonyl (C=O) groups is 1. The Bertz CT molecular complexity index is 933. The van der Waals surface area contributed by atoms with Gasteiger partial charge in [0.25, 0.3) is 0 Å². The van der Waals surface area contributed by atoms with Crippen molar-refractivity contribution < 1.29 is 18.8 Å². The maximum Gasteiger partial charge on any atom is 0.232 e. The van der Waals surface area contributed by atoms with Crippen LogP contribution in [0.3, 0.4) is 0 Å². The summed E-state index contributed by atoms with van der Waals surface area (Å²) in [5, 5.41) is 4.05. The van der Waals surface area contributed by atoms with Crippen LogP contribution in [-0.4, -0.2) is 36.8 Å². The molecule has 1 aliphatic rings. The third kappa shape index (κ3) is 3.36. The van der Waals surface area contributed by atoms with E-state index in [1.807, 2.05) is 42.5 Å². The number of hydrogen-bond acceptors (Lipinski definition) is 6. The quantitative estimate of drug-likeness (QED) is 0.691. The van der Waals surface area contributed by atoms with Crippen molar-refractivity contribution in [3.8, 4) is 22.9 Å². The third-order valence-electron chi connectivity index (χ3n) is 4.60. The van der Waals surface area contributed by atoms with Crippen LogP contribution in [0, 0.1) is 0 Å². The van der Waals surface area contributed by atoms with Gasteiger partial charge in [-0.15, -0.1) is 0 Å². The molecule has 1 saturated heterocycles. The Morgan fingerprint density at radius 1 is 1.07 bits per heavy atom. The first-order valence-corrected chi connectivity index (χ1v) is 8.60. The lowest BCUT2D eigenvalue weighted by Gasteiger charge is -2.18. The largest absolute Gasteiger partial charge is 0.497 e. The summed E-state index contributed by atoms with van der Waals surface area (Å²) in [4.78, 5) is 18.8. The molecule has 1 aliphatic heterocycles. The topological polar surface area (TPSA) is 77.7 Å². The number of benzene rings is 2. The fraction of sp³-hybridized carbons (Fsp3) is 0.250. The Morgan fingerprint density at radius 2 is 1.78 bits per heavy atom. The Labute approximate surface area is 156 Å². The fourth-order valence-electron chi connectivity index (χ4n) is 3.18. The number of anilines is 1.